The number of amides is 2. The Balaban J connectivity index is 1.45. The van der Waals surface area contributed by atoms with Crippen molar-refractivity contribution in [1.82, 2.24) is 10.3 Å². The number of fused-ring (bicyclic) bond motifs is 1. The second kappa shape index (κ2) is 8.91. The van der Waals surface area contributed by atoms with E-state index in [0.29, 0.717) is 21.6 Å². The summed E-state index contributed by atoms with van der Waals surface area (Å²) in [6.07, 6.45) is 5.93. The average Bonchev–Trinajstić information content (AvgIpc) is 3.09. The first-order chi connectivity index (χ1) is 14.7. The van der Waals surface area contributed by atoms with Crippen molar-refractivity contribution in [3.8, 4) is 0 Å². The Morgan fingerprint density at radius 3 is 2.65 bits per heavy atom. The molecule has 1 fully saturated rings. The van der Waals surface area contributed by atoms with E-state index in [1.807, 2.05) is 0 Å². The number of halogens is 1. The molecule has 3 unspecified atom stereocenters. The normalized spacial score (nSPS) is 24.8. The van der Waals surface area contributed by atoms with Gasteiger partial charge in [-0.05, 0) is 74.1 Å². The summed E-state index contributed by atoms with van der Waals surface area (Å²) >= 11 is 7.38. The van der Waals surface area contributed by atoms with Crippen molar-refractivity contribution in [2.75, 3.05) is 5.32 Å². The molecule has 0 aliphatic heterocycles. The first-order valence-electron chi connectivity index (χ1n) is 11.1. The fourth-order valence-corrected chi connectivity index (χ4v) is 6.44. The van der Waals surface area contributed by atoms with Gasteiger partial charge in [0.05, 0.1) is 11.6 Å². The molecule has 1 heterocycles. The highest BCUT2D eigenvalue weighted by Crippen LogP contribution is 2.40. The van der Waals surface area contributed by atoms with Gasteiger partial charge in [-0.15, -0.1) is 11.3 Å². The number of anilines is 1. The number of carbonyl (C=O) groups is 2. The fraction of sp³-hybridized carbons (Fsp3) is 0.542. The van der Waals surface area contributed by atoms with Gasteiger partial charge < -0.3 is 5.32 Å². The van der Waals surface area contributed by atoms with Gasteiger partial charge in [-0.1, -0.05) is 32.4 Å². The van der Waals surface area contributed by atoms with Crippen LogP contribution in [-0.4, -0.2) is 22.8 Å². The molecule has 2 aliphatic carbocycles. The van der Waals surface area contributed by atoms with Crippen LogP contribution in [0.1, 0.15) is 79.7 Å². The standard InChI is InChI=1S/C24H30ClN3O2S/c1-14-11-17(13-24(2,3)12-14)26-22(30)18-5-4-6-19-20(18)27-23(31-19)28-21(29)15-7-9-16(25)10-8-15/h7-10,14,17-18H,4-6,11-13H2,1-3H3,(H,26,30)(H,27,28,29). The second-order valence-corrected chi connectivity index (χ2v) is 11.4. The Kier molecular flexibility index (Phi) is 6.40. The third kappa shape index (κ3) is 5.29. The molecule has 7 heteroatoms. The van der Waals surface area contributed by atoms with Crippen molar-refractivity contribution >= 4 is 39.9 Å². The summed E-state index contributed by atoms with van der Waals surface area (Å²) in [6.45, 7) is 6.85. The summed E-state index contributed by atoms with van der Waals surface area (Å²) in [5, 5.41) is 7.35. The van der Waals surface area contributed by atoms with Gasteiger partial charge in [0.1, 0.15) is 0 Å². The number of carbonyl (C=O) groups excluding carboxylic acids is 2. The molecule has 1 saturated carbocycles. The molecule has 0 spiro atoms. The number of benzene rings is 1. The highest BCUT2D eigenvalue weighted by atomic mass is 35.5. The summed E-state index contributed by atoms with van der Waals surface area (Å²) < 4.78 is 0. The highest BCUT2D eigenvalue weighted by molar-refractivity contribution is 7.16. The molecular weight excluding hydrogens is 430 g/mol. The van der Waals surface area contributed by atoms with E-state index in [1.54, 1.807) is 24.3 Å². The average molecular weight is 460 g/mol. The number of hydrogen-bond acceptors (Lipinski definition) is 4. The summed E-state index contributed by atoms with van der Waals surface area (Å²) in [4.78, 5) is 31.5. The van der Waals surface area contributed by atoms with Crippen LogP contribution < -0.4 is 10.6 Å². The highest BCUT2D eigenvalue weighted by Gasteiger charge is 2.36. The molecule has 166 valence electrons. The van der Waals surface area contributed by atoms with Crippen molar-refractivity contribution in [3.63, 3.8) is 0 Å². The summed E-state index contributed by atoms with van der Waals surface area (Å²) in [5.41, 5.74) is 1.62. The van der Waals surface area contributed by atoms with Crippen molar-refractivity contribution in [1.29, 1.82) is 0 Å². The van der Waals surface area contributed by atoms with Gasteiger partial charge in [0.2, 0.25) is 5.91 Å². The van der Waals surface area contributed by atoms with Crippen LogP contribution >= 0.6 is 22.9 Å². The Hall–Kier alpha value is -1.92. The maximum atomic E-state index is 13.2. The van der Waals surface area contributed by atoms with Crippen LogP contribution in [0.25, 0.3) is 0 Å². The number of aryl methyl sites for hydroxylation is 1. The third-order valence-corrected chi connectivity index (χ3v) is 7.63. The molecule has 4 rings (SSSR count). The van der Waals surface area contributed by atoms with E-state index >= 15 is 0 Å². The van der Waals surface area contributed by atoms with Gasteiger partial charge in [-0.25, -0.2) is 4.98 Å². The lowest BCUT2D eigenvalue weighted by Crippen LogP contribution is -2.45. The van der Waals surface area contributed by atoms with Crippen LogP contribution in [0.15, 0.2) is 24.3 Å². The molecule has 5 nitrogen and oxygen atoms in total. The van der Waals surface area contributed by atoms with E-state index in [2.05, 4.69) is 36.4 Å². The number of aromatic nitrogens is 1. The van der Waals surface area contributed by atoms with E-state index in [4.69, 9.17) is 11.6 Å². The zero-order valence-corrected chi connectivity index (χ0v) is 19.9. The van der Waals surface area contributed by atoms with E-state index in [1.165, 1.54) is 17.8 Å². The fourth-order valence-electron chi connectivity index (χ4n) is 5.26. The molecule has 3 atom stereocenters. The second-order valence-electron chi connectivity index (χ2n) is 9.85. The monoisotopic (exact) mass is 459 g/mol. The molecule has 1 aromatic heterocycles. The zero-order valence-electron chi connectivity index (χ0n) is 18.3. The van der Waals surface area contributed by atoms with E-state index in [-0.39, 0.29) is 29.2 Å². The SMILES string of the molecule is CC1CC(NC(=O)C2CCCc3sc(NC(=O)c4ccc(Cl)cc4)nc32)CC(C)(C)C1. The Bertz CT molecular complexity index is 970. The molecule has 2 N–H and O–H groups in total. The summed E-state index contributed by atoms with van der Waals surface area (Å²) in [7, 11) is 0. The predicted octanol–water partition coefficient (Wildman–Crippen LogP) is 5.80. The minimum atomic E-state index is -0.235. The maximum Gasteiger partial charge on any atom is 0.257 e. The van der Waals surface area contributed by atoms with Gasteiger partial charge in [0.25, 0.3) is 5.91 Å². The lowest BCUT2D eigenvalue weighted by atomic mass is 9.70. The lowest BCUT2D eigenvalue weighted by molar-refractivity contribution is -0.124. The number of hydrogen-bond donors (Lipinski definition) is 2. The molecule has 2 amide bonds. The number of nitrogens with one attached hydrogen (secondary N) is 2. The van der Waals surface area contributed by atoms with Gasteiger partial charge in [0, 0.05) is 21.5 Å². The Morgan fingerprint density at radius 2 is 1.94 bits per heavy atom. The molecule has 0 bridgehead atoms. The van der Waals surface area contributed by atoms with Crippen molar-refractivity contribution in [2.24, 2.45) is 11.3 Å². The summed E-state index contributed by atoms with van der Waals surface area (Å²) in [6, 6.07) is 6.98. The molecule has 0 saturated heterocycles. The molecule has 1 aromatic carbocycles. The number of rotatable bonds is 4. The summed E-state index contributed by atoms with van der Waals surface area (Å²) in [5.74, 6) is 0.241. The van der Waals surface area contributed by atoms with Crippen molar-refractivity contribution in [2.45, 2.75) is 71.3 Å². The first-order valence-corrected chi connectivity index (χ1v) is 12.3. The van der Waals surface area contributed by atoms with Crippen LogP contribution in [0.5, 0.6) is 0 Å². The maximum absolute atomic E-state index is 13.2. The van der Waals surface area contributed by atoms with E-state index < -0.39 is 0 Å². The predicted molar refractivity (Wildman–Crippen MR) is 126 cm³/mol. The zero-order chi connectivity index (χ0) is 22.2. The van der Waals surface area contributed by atoms with Crippen LogP contribution in [-0.2, 0) is 11.2 Å². The molecule has 2 aliphatic rings. The molecule has 31 heavy (non-hydrogen) atoms. The van der Waals surface area contributed by atoms with Crippen LogP contribution in [0, 0.1) is 11.3 Å². The van der Waals surface area contributed by atoms with Crippen LogP contribution in [0.2, 0.25) is 5.02 Å². The van der Waals surface area contributed by atoms with Gasteiger partial charge >= 0.3 is 0 Å². The largest absolute Gasteiger partial charge is 0.353 e. The quantitative estimate of drug-likeness (QED) is 0.606. The van der Waals surface area contributed by atoms with Crippen molar-refractivity contribution < 1.29 is 9.59 Å². The minimum absolute atomic E-state index is 0.0803. The Morgan fingerprint density at radius 1 is 1.19 bits per heavy atom. The molecule has 0 radical (unpaired) electrons. The Labute approximate surface area is 193 Å². The van der Waals surface area contributed by atoms with E-state index in [0.717, 1.165) is 42.7 Å². The third-order valence-electron chi connectivity index (χ3n) is 6.33. The topological polar surface area (TPSA) is 71.1 Å². The van der Waals surface area contributed by atoms with Crippen LogP contribution in [0.3, 0.4) is 0 Å². The van der Waals surface area contributed by atoms with Crippen LogP contribution in [0.4, 0.5) is 5.13 Å². The minimum Gasteiger partial charge on any atom is -0.353 e. The van der Waals surface area contributed by atoms with Gasteiger partial charge in [-0.3, -0.25) is 14.9 Å². The number of thiazole rings is 1. The molecule has 2 aromatic rings. The lowest BCUT2D eigenvalue weighted by Gasteiger charge is -2.39. The van der Waals surface area contributed by atoms with E-state index in [9.17, 15) is 9.59 Å². The smallest absolute Gasteiger partial charge is 0.257 e. The van der Waals surface area contributed by atoms with Crippen molar-refractivity contribution in [3.05, 3.63) is 45.4 Å². The van der Waals surface area contributed by atoms with Gasteiger partial charge in [0.15, 0.2) is 5.13 Å². The van der Waals surface area contributed by atoms with Gasteiger partial charge in [-0.2, -0.15) is 0 Å². The molecular formula is C24H30ClN3O2S. The first kappa shape index (κ1) is 22.3. The number of nitrogens with zero attached hydrogens (tertiary/aromatic N) is 1.